The number of rotatable bonds is 0. The largest absolute Gasteiger partial charge is 0.507 e. The monoisotopic (exact) mass is 236 g/mol. The minimum absolute atomic E-state index is 0.183. The lowest BCUT2D eigenvalue weighted by molar-refractivity contribution is 0.471. The van der Waals surface area contributed by atoms with Crippen molar-refractivity contribution >= 4 is 28.4 Å². The van der Waals surface area contributed by atoms with Crippen LogP contribution in [0.1, 0.15) is 0 Å². The molecule has 3 N–H and O–H groups in total. The Balaban J connectivity index is 3.17. The number of pyridine rings is 1. The Morgan fingerprint density at radius 3 is 2.78 bits per heavy atom. The highest BCUT2D eigenvalue weighted by molar-refractivity contribution is 14.1. The van der Waals surface area contributed by atoms with E-state index < -0.39 is 0 Å². The van der Waals surface area contributed by atoms with Gasteiger partial charge in [0.05, 0.1) is 3.57 Å². The van der Waals surface area contributed by atoms with E-state index in [1.54, 1.807) is 0 Å². The van der Waals surface area contributed by atoms with Crippen LogP contribution in [0.3, 0.4) is 0 Å². The van der Waals surface area contributed by atoms with E-state index in [2.05, 4.69) is 4.98 Å². The molecule has 48 valence electrons. The van der Waals surface area contributed by atoms with Crippen molar-refractivity contribution < 1.29 is 5.11 Å². The molecule has 0 aromatic carbocycles. The van der Waals surface area contributed by atoms with E-state index in [1.165, 1.54) is 12.3 Å². The summed E-state index contributed by atoms with van der Waals surface area (Å²) < 4.78 is 0.710. The summed E-state index contributed by atoms with van der Waals surface area (Å²) in [6.45, 7) is 0. The smallest absolute Gasteiger partial charge is 0.134 e. The van der Waals surface area contributed by atoms with Gasteiger partial charge in [-0.1, -0.05) is 0 Å². The number of aromatic hydroxyl groups is 1. The van der Waals surface area contributed by atoms with Gasteiger partial charge in [0.15, 0.2) is 0 Å². The number of hydrogen-bond acceptors (Lipinski definition) is 3. The first-order valence-corrected chi connectivity index (χ1v) is 3.38. The fourth-order valence-electron chi connectivity index (χ4n) is 0.444. The Kier molecular flexibility index (Phi) is 1.75. The molecule has 4 heteroatoms. The lowest BCUT2D eigenvalue weighted by atomic mass is 10.4. The number of anilines is 1. The lowest BCUT2D eigenvalue weighted by Crippen LogP contribution is -1.88. The van der Waals surface area contributed by atoms with Gasteiger partial charge in [-0.25, -0.2) is 4.98 Å². The van der Waals surface area contributed by atoms with Crippen LogP contribution in [0.2, 0.25) is 0 Å². The van der Waals surface area contributed by atoms with E-state index in [1.807, 2.05) is 22.6 Å². The molecular formula is C5H5IN2O. The fraction of sp³-hybridized carbons (Fsp3) is 0. The Labute approximate surface area is 66.0 Å². The van der Waals surface area contributed by atoms with Crippen LogP contribution < -0.4 is 5.73 Å². The third kappa shape index (κ3) is 1.44. The highest BCUT2D eigenvalue weighted by Gasteiger charge is 1.95. The first kappa shape index (κ1) is 6.60. The zero-order valence-electron chi connectivity index (χ0n) is 4.50. The average Bonchev–Trinajstić information content (AvgIpc) is 1.80. The number of hydrogen-bond donors (Lipinski definition) is 2. The van der Waals surface area contributed by atoms with Crippen LogP contribution in [-0.4, -0.2) is 10.1 Å². The van der Waals surface area contributed by atoms with Crippen molar-refractivity contribution in [2.45, 2.75) is 0 Å². The minimum Gasteiger partial charge on any atom is -0.507 e. The molecule has 0 aliphatic carbocycles. The molecule has 0 atom stereocenters. The Bertz CT molecular complexity index is 226. The minimum atomic E-state index is 0.183. The summed E-state index contributed by atoms with van der Waals surface area (Å²) in [5.74, 6) is 0.524. The molecule has 0 bridgehead atoms. The molecule has 0 saturated heterocycles. The summed E-state index contributed by atoms with van der Waals surface area (Å²) in [7, 11) is 0. The Morgan fingerprint density at radius 1 is 1.67 bits per heavy atom. The molecule has 1 rings (SSSR count). The van der Waals surface area contributed by atoms with Gasteiger partial charge in [0.2, 0.25) is 0 Å². The Hall–Kier alpha value is -0.520. The number of nitrogens with two attached hydrogens (primary N) is 1. The molecule has 0 radical (unpaired) electrons. The quantitative estimate of drug-likeness (QED) is 0.660. The number of halogens is 1. The van der Waals surface area contributed by atoms with Gasteiger partial charge in [-0.2, -0.15) is 0 Å². The molecule has 9 heavy (non-hydrogen) atoms. The van der Waals surface area contributed by atoms with E-state index in [4.69, 9.17) is 10.8 Å². The molecule has 0 fully saturated rings. The van der Waals surface area contributed by atoms with Crippen molar-refractivity contribution in [1.82, 2.24) is 4.98 Å². The van der Waals surface area contributed by atoms with Gasteiger partial charge in [0.1, 0.15) is 11.6 Å². The summed E-state index contributed by atoms with van der Waals surface area (Å²) in [5, 5.41) is 8.97. The Morgan fingerprint density at radius 2 is 2.33 bits per heavy atom. The molecule has 0 amide bonds. The van der Waals surface area contributed by atoms with Crippen molar-refractivity contribution in [2.75, 3.05) is 5.73 Å². The second-order valence-electron chi connectivity index (χ2n) is 1.56. The standard InChI is InChI=1S/C5H5IN2O/c6-3-2-8-5(7)1-4(3)9/h1-2H,(H3,7,8,9). The van der Waals surface area contributed by atoms with Gasteiger partial charge < -0.3 is 10.8 Å². The molecule has 1 aromatic rings. The van der Waals surface area contributed by atoms with Crippen molar-refractivity contribution in [3.8, 4) is 5.75 Å². The van der Waals surface area contributed by atoms with E-state index >= 15 is 0 Å². The van der Waals surface area contributed by atoms with Crippen LogP contribution in [0.4, 0.5) is 5.82 Å². The number of aromatic nitrogens is 1. The number of nitrogen functional groups attached to an aromatic ring is 1. The van der Waals surface area contributed by atoms with Crippen LogP contribution in [0, 0.1) is 3.57 Å². The molecule has 0 saturated carbocycles. The van der Waals surface area contributed by atoms with Crippen LogP contribution in [0.15, 0.2) is 12.3 Å². The second-order valence-corrected chi connectivity index (χ2v) is 2.72. The van der Waals surface area contributed by atoms with Crippen LogP contribution in [0.5, 0.6) is 5.75 Å². The lowest BCUT2D eigenvalue weighted by Gasteiger charge is -1.94. The molecule has 1 aromatic heterocycles. The normalized spacial score (nSPS) is 9.44. The van der Waals surface area contributed by atoms with Gasteiger partial charge in [-0.05, 0) is 22.6 Å². The zero-order chi connectivity index (χ0) is 6.85. The summed E-state index contributed by atoms with van der Waals surface area (Å²) in [5.41, 5.74) is 5.25. The van der Waals surface area contributed by atoms with Gasteiger partial charge in [0.25, 0.3) is 0 Å². The third-order valence-corrected chi connectivity index (χ3v) is 1.69. The van der Waals surface area contributed by atoms with Gasteiger partial charge in [-0.15, -0.1) is 0 Å². The van der Waals surface area contributed by atoms with Crippen molar-refractivity contribution in [3.63, 3.8) is 0 Å². The maximum Gasteiger partial charge on any atom is 0.134 e. The molecule has 0 aliphatic heterocycles. The first-order chi connectivity index (χ1) is 4.20. The topological polar surface area (TPSA) is 59.1 Å². The molecule has 1 heterocycles. The van der Waals surface area contributed by atoms with Crippen LogP contribution >= 0.6 is 22.6 Å². The maximum absolute atomic E-state index is 8.97. The van der Waals surface area contributed by atoms with E-state index in [0.29, 0.717) is 9.39 Å². The average molecular weight is 236 g/mol. The summed E-state index contributed by atoms with van der Waals surface area (Å²) in [6, 6.07) is 1.42. The zero-order valence-corrected chi connectivity index (χ0v) is 6.66. The number of nitrogens with zero attached hydrogens (tertiary/aromatic N) is 1. The molecule has 0 spiro atoms. The predicted molar refractivity (Wildman–Crippen MR) is 43.0 cm³/mol. The van der Waals surface area contributed by atoms with Crippen molar-refractivity contribution in [2.24, 2.45) is 0 Å². The van der Waals surface area contributed by atoms with Gasteiger partial charge >= 0.3 is 0 Å². The van der Waals surface area contributed by atoms with Crippen molar-refractivity contribution in [3.05, 3.63) is 15.8 Å². The summed E-state index contributed by atoms with van der Waals surface area (Å²) >= 11 is 1.97. The van der Waals surface area contributed by atoms with Gasteiger partial charge in [0, 0.05) is 12.3 Å². The third-order valence-electron chi connectivity index (χ3n) is 0.856. The first-order valence-electron chi connectivity index (χ1n) is 2.30. The fourth-order valence-corrected chi connectivity index (χ4v) is 0.739. The molecule has 3 nitrogen and oxygen atoms in total. The van der Waals surface area contributed by atoms with Gasteiger partial charge in [-0.3, -0.25) is 0 Å². The van der Waals surface area contributed by atoms with Crippen molar-refractivity contribution in [1.29, 1.82) is 0 Å². The predicted octanol–water partition coefficient (Wildman–Crippen LogP) is 0.974. The molecule has 0 aliphatic rings. The van der Waals surface area contributed by atoms with E-state index in [9.17, 15) is 0 Å². The molecular weight excluding hydrogens is 231 g/mol. The summed E-state index contributed by atoms with van der Waals surface area (Å²) in [4.78, 5) is 3.75. The highest BCUT2D eigenvalue weighted by Crippen LogP contribution is 2.18. The van der Waals surface area contributed by atoms with E-state index in [-0.39, 0.29) is 5.75 Å². The van der Waals surface area contributed by atoms with Crippen LogP contribution in [-0.2, 0) is 0 Å². The SMILES string of the molecule is Nc1cc(O)c(I)cn1. The summed E-state index contributed by atoms with van der Waals surface area (Å²) in [6.07, 6.45) is 1.52. The second kappa shape index (κ2) is 2.38. The van der Waals surface area contributed by atoms with E-state index in [0.717, 1.165) is 0 Å². The highest BCUT2D eigenvalue weighted by atomic mass is 127. The maximum atomic E-state index is 8.97. The van der Waals surface area contributed by atoms with Crippen LogP contribution in [0.25, 0.3) is 0 Å². The molecule has 0 unspecified atom stereocenters.